The predicted octanol–water partition coefficient (Wildman–Crippen LogP) is 4.64. The van der Waals surface area contributed by atoms with Gasteiger partial charge < -0.3 is 14.6 Å². The van der Waals surface area contributed by atoms with Crippen LogP contribution in [0, 0.1) is 17.1 Å². The summed E-state index contributed by atoms with van der Waals surface area (Å²) in [5.41, 5.74) is 2.83. The van der Waals surface area contributed by atoms with Crippen LogP contribution >= 0.6 is 11.6 Å². The topological polar surface area (TPSA) is 98.1 Å². The van der Waals surface area contributed by atoms with E-state index in [0.29, 0.717) is 29.2 Å². The average molecular weight is 496 g/mol. The summed E-state index contributed by atoms with van der Waals surface area (Å²) in [6.45, 7) is 2.10. The number of aliphatic hydroxyl groups is 1. The van der Waals surface area contributed by atoms with E-state index in [-0.39, 0.29) is 10.8 Å². The van der Waals surface area contributed by atoms with Gasteiger partial charge in [0, 0.05) is 24.7 Å². The van der Waals surface area contributed by atoms with Crippen LogP contribution in [-0.4, -0.2) is 31.8 Å². The van der Waals surface area contributed by atoms with Crippen LogP contribution < -0.4 is 4.74 Å². The zero-order chi connectivity index (χ0) is 25.1. The van der Waals surface area contributed by atoms with E-state index in [0.717, 1.165) is 11.3 Å². The summed E-state index contributed by atoms with van der Waals surface area (Å²) in [7, 11) is 3.22. The van der Waals surface area contributed by atoms with Crippen molar-refractivity contribution >= 4 is 11.6 Å². The zero-order valence-corrected chi connectivity index (χ0v) is 20.1. The molecule has 0 aliphatic heterocycles. The van der Waals surface area contributed by atoms with Gasteiger partial charge in [-0.05, 0) is 42.8 Å². The smallest absolute Gasteiger partial charge is 0.162 e. The number of hydrogen-bond acceptors (Lipinski definition) is 6. The van der Waals surface area contributed by atoms with Gasteiger partial charge in [0.25, 0.3) is 0 Å². The Balaban J connectivity index is 1.67. The van der Waals surface area contributed by atoms with Gasteiger partial charge in [0.2, 0.25) is 0 Å². The fraction of sp³-hybridized carbons (Fsp3) is 0.240. The minimum atomic E-state index is -1.19. The number of nitrogens with zero attached hydrogens (tertiary/aromatic N) is 5. The predicted molar refractivity (Wildman–Crippen MR) is 127 cm³/mol. The molecule has 0 spiro atoms. The Bertz CT molecular complexity index is 1380. The van der Waals surface area contributed by atoms with Gasteiger partial charge in [0.15, 0.2) is 10.8 Å². The van der Waals surface area contributed by atoms with E-state index in [1.165, 1.54) is 33.6 Å². The molecule has 10 heteroatoms. The second-order valence-corrected chi connectivity index (χ2v) is 8.29. The summed E-state index contributed by atoms with van der Waals surface area (Å²) in [6, 6.07) is 16.7. The van der Waals surface area contributed by atoms with Crippen molar-refractivity contribution in [2.75, 3.05) is 7.11 Å². The van der Waals surface area contributed by atoms with Crippen LogP contribution in [0.25, 0.3) is 5.69 Å². The second kappa shape index (κ2) is 10.3. The maximum absolute atomic E-state index is 14.3. The Morgan fingerprint density at radius 3 is 2.51 bits per heavy atom. The normalized spacial score (nSPS) is 12.8. The van der Waals surface area contributed by atoms with Crippen LogP contribution in [0.4, 0.5) is 4.39 Å². The number of ether oxygens (including phenoxy) is 2. The highest BCUT2D eigenvalue weighted by atomic mass is 35.5. The van der Waals surface area contributed by atoms with Crippen molar-refractivity contribution in [1.82, 2.24) is 19.6 Å². The summed E-state index contributed by atoms with van der Waals surface area (Å²) >= 11 is 6.21. The van der Waals surface area contributed by atoms with Gasteiger partial charge in [-0.1, -0.05) is 23.7 Å². The number of aromatic nitrogens is 4. The van der Waals surface area contributed by atoms with Crippen molar-refractivity contribution in [1.29, 1.82) is 5.26 Å². The van der Waals surface area contributed by atoms with Gasteiger partial charge in [-0.3, -0.25) is 4.68 Å². The number of hydrogen-bond donors (Lipinski definition) is 1. The molecule has 2 aromatic carbocycles. The zero-order valence-electron chi connectivity index (χ0n) is 19.3. The maximum atomic E-state index is 14.3. The van der Waals surface area contributed by atoms with Gasteiger partial charge in [-0.15, -0.1) is 0 Å². The van der Waals surface area contributed by atoms with Gasteiger partial charge in [-0.25, -0.2) is 9.07 Å². The van der Waals surface area contributed by atoms with E-state index in [4.69, 9.17) is 26.3 Å². The number of nitriles is 1. The minimum Gasteiger partial charge on any atom is -0.497 e. The summed E-state index contributed by atoms with van der Waals surface area (Å²) in [6.07, 6.45) is -1.71. The molecule has 0 fully saturated rings. The molecule has 4 aromatic rings. The summed E-state index contributed by atoms with van der Waals surface area (Å²) in [4.78, 5) is 0. The van der Waals surface area contributed by atoms with Crippen molar-refractivity contribution < 1.29 is 19.0 Å². The van der Waals surface area contributed by atoms with Crippen LogP contribution in [0.15, 0.2) is 54.6 Å². The molecule has 0 aliphatic carbocycles. The summed E-state index contributed by atoms with van der Waals surface area (Å²) in [5, 5.41) is 28.8. The first-order valence-electron chi connectivity index (χ1n) is 10.7. The van der Waals surface area contributed by atoms with E-state index < -0.39 is 18.0 Å². The SMILES string of the molecule is COc1ccc(CO[C@H](C)c2cc(F)ccc2-n2nc(Cl)cc2C(O)c2cc(C#N)nn2C)cc1. The third kappa shape index (κ3) is 5.20. The quantitative estimate of drug-likeness (QED) is 0.382. The molecule has 1 unspecified atom stereocenters. The fourth-order valence-electron chi connectivity index (χ4n) is 3.77. The number of rotatable bonds is 8. The third-order valence-corrected chi connectivity index (χ3v) is 5.80. The Labute approximate surface area is 206 Å². The molecule has 0 saturated heterocycles. The molecule has 0 aliphatic rings. The molecule has 4 rings (SSSR count). The molecular weight excluding hydrogens is 473 g/mol. The van der Waals surface area contributed by atoms with Crippen LogP contribution in [-0.2, 0) is 18.4 Å². The number of aliphatic hydroxyl groups excluding tert-OH is 1. The van der Waals surface area contributed by atoms with E-state index in [2.05, 4.69) is 10.2 Å². The Morgan fingerprint density at radius 2 is 1.86 bits per heavy atom. The number of aryl methyl sites for hydroxylation is 1. The molecule has 2 heterocycles. The first-order chi connectivity index (χ1) is 16.8. The summed E-state index contributed by atoms with van der Waals surface area (Å²) < 4.78 is 28.4. The first kappa shape index (κ1) is 24.4. The largest absolute Gasteiger partial charge is 0.497 e. The monoisotopic (exact) mass is 495 g/mol. The highest BCUT2D eigenvalue weighted by molar-refractivity contribution is 6.29. The van der Waals surface area contributed by atoms with Crippen LogP contribution in [0.5, 0.6) is 5.75 Å². The van der Waals surface area contributed by atoms with Crippen LogP contribution in [0.3, 0.4) is 0 Å². The lowest BCUT2D eigenvalue weighted by atomic mass is 10.1. The van der Waals surface area contributed by atoms with E-state index in [9.17, 15) is 9.50 Å². The average Bonchev–Trinajstić information content (AvgIpc) is 3.44. The molecular formula is C25H23ClFN5O3. The fourth-order valence-corrected chi connectivity index (χ4v) is 3.96. The molecule has 0 radical (unpaired) electrons. The number of benzene rings is 2. The van der Waals surface area contributed by atoms with E-state index >= 15 is 0 Å². The summed E-state index contributed by atoms with van der Waals surface area (Å²) in [5.74, 6) is 0.306. The van der Waals surface area contributed by atoms with Crippen molar-refractivity contribution in [3.63, 3.8) is 0 Å². The molecule has 180 valence electrons. The molecule has 0 bridgehead atoms. The highest BCUT2D eigenvalue weighted by Gasteiger charge is 2.25. The lowest BCUT2D eigenvalue weighted by molar-refractivity contribution is 0.0522. The Morgan fingerprint density at radius 1 is 1.11 bits per heavy atom. The van der Waals surface area contributed by atoms with E-state index in [1.54, 1.807) is 20.2 Å². The lowest BCUT2D eigenvalue weighted by Gasteiger charge is -2.20. The van der Waals surface area contributed by atoms with E-state index in [1.807, 2.05) is 37.3 Å². The van der Waals surface area contributed by atoms with Crippen molar-refractivity contribution in [2.24, 2.45) is 7.05 Å². The Hall–Kier alpha value is -3.71. The van der Waals surface area contributed by atoms with Gasteiger partial charge in [0.05, 0.1) is 36.9 Å². The molecule has 0 amide bonds. The number of methoxy groups -OCH3 is 1. The second-order valence-electron chi connectivity index (χ2n) is 7.90. The Kier molecular flexibility index (Phi) is 7.17. The van der Waals surface area contributed by atoms with Crippen LogP contribution in [0.2, 0.25) is 5.15 Å². The first-order valence-corrected chi connectivity index (χ1v) is 11.1. The molecule has 2 atom stereocenters. The van der Waals surface area contributed by atoms with Gasteiger partial charge in [0.1, 0.15) is 23.7 Å². The third-order valence-electron chi connectivity index (χ3n) is 5.61. The van der Waals surface area contributed by atoms with Gasteiger partial charge >= 0.3 is 0 Å². The highest BCUT2D eigenvalue weighted by Crippen LogP contribution is 2.32. The minimum absolute atomic E-state index is 0.142. The number of halogens is 2. The van der Waals surface area contributed by atoms with Crippen molar-refractivity contribution in [2.45, 2.75) is 25.7 Å². The lowest BCUT2D eigenvalue weighted by Crippen LogP contribution is -2.14. The molecule has 1 N–H and O–H groups in total. The standard InChI is InChI=1S/C25H23ClFN5O3/c1-15(35-14-16-4-7-19(34-3)8-5-16)20-10-17(27)6-9-21(20)32-23(12-24(26)30-32)25(33)22-11-18(13-28)29-31(22)2/h4-12,15,25,33H,14H2,1-3H3/t15-,25?/m1/s1. The molecule has 0 saturated carbocycles. The molecule has 8 nitrogen and oxygen atoms in total. The van der Waals surface area contributed by atoms with Crippen LogP contribution in [0.1, 0.15) is 47.3 Å². The maximum Gasteiger partial charge on any atom is 0.162 e. The van der Waals surface area contributed by atoms with Crippen molar-refractivity contribution in [3.8, 4) is 17.5 Å². The molecule has 35 heavy (non-hydrogen) atoms. The van der Waals surface area contributed by atoms with Crippen molar-refractivity contribution in [3.05, 3.63) is 93.8 Å². The van der Waals surface area contributed by atoms with Gasteiger partial charge in [-0.2, -0.15) is 15.5 Å². The molecule has 2 aromatic heterocycles.